The number of benzene rings is 1. The predicted octanol–water partition coefficient (Wildman–Crippen LogP) is 3.26. The number of Topliss-reactive ketones (excluding diaryl/α,β-unsaturated/α-hetero) is 1. The van der Waals surface area contributed by atoms with E-state index in [0.717, 1.165) is 0 Å². The van der Waals surface area contributed by atoms with Crippen molar-refractivity contribution in [3.05, 3.63) is 53.7 Å². The molecule has 0 atom stereocenters. The van der Waals surface area contributed by atoms with Crippen LogP contribution in [-0.4, -0.2) is 22.9 Å². The number of amides is 1. The fourth-order valence-electron chi connectivity index (χ4n) is 1.71. The average molecular weight is 286 g/mol. The van der Waals surface area contributed by atoms with Gasteiger partial charge in [0.05, 0.1) is 5.56 Å². The quantitative estimate of drug-likeness (QED) is 0.692. The van der Waals surface area contributed by atoms with E-state index in [1.54, 1.807) is 42.6 Å². The number of carbonyl (C=O) groups is 2. The molecule has 2 rings (SSSR count). The van der Waals surface area contributed by atoms with E-state index >= 15 is 0 Å². The van der Waals surface area contributed by atoms with Gasteiger partial charge in [-0.2, -0.15) is 0 Å². The second kappa shape index (κ2) is 6.34. The van der Waals surface area contributed by atoms with Gasteiger partial charge in [-0.15, -0.1) is 11.8 Å². The number of pyridine rings is 1. The lowest BCUT2D eigenvalue weighted by molar-refractivity contribution is 0.101. The van der Waals surface area contributed by atoms with Crippen LogP contribution >= 0.6 is 11.8 Å². The van der Waals surface area contributed by atoms with Crippen molar-refractivity contribution in [2.75, 3.05) is 11.6 Å². The van der Waals surface area contributed by atoms with Crippen molar-refractivity contribution in [3.63, 3.8) is 0 Å². The molecule has 4 nitrogen and oxygen atoms in total. The molecule has 0 radical (unpaired) electrons. The van der Waals surface area contributed by atoms with Crippen molar-refractivity contribution in [1.29, 1.82) is 0 Å². The van der Waals surface area contributed by atoms with E-state index in [4.69, 9.17) is 0 Å². The summed E-state index contributed by atoms with van der Waals surface area (Å²) in [5.41, 5.74) is 1.81. The van der Waals surface area contributed by atoms with Gasteiger partial charge >= 0.3 is 0 Å². The van der Waals surface area contributed by atoms with Gasteiger partial charge in [-0.25, -0.2) is 4.98 Å². The largest absolute Gasteiger partial charge is 0.322 e. The fourth-order valence-corrected chi connectivity index (χ4v) is 2.26. The molecule has 102 valence electrons. The molecule has 20 heavy (non-hydrogen) atoms. The van der Waals surface area contributed by atoms with E-state index in [1.165, 1.54) is 18.7 Å². The maximum absolute atomic E-state index is 12.2. The van der Waals surface area contributed by atoms with E-state index in [1.807, 2.05) is 6.26 Å². The molecule has 0 saturated carbocycles. The summed E-state index contributed by atoms with van der Waals surface area (Å²) in [6, 6.07) is 10.3. The second-order valence-corrected chi connectivity index (χ2v) is 4.94. The number of hydrogen-bond acceptors (Lipinski definition) is 4. The highest BCUT2D eigenvalue weighted by Crippen LogP contribution is 2.18. The highest BCUT2D eigenvalue weighted by atomic mass is 32.2. The highest BCUT2D eigenvalue weighted by molar-refractivity contribution is 7.98. The fraction of sp³-hybridized carbons (Fsp3) is 0.133. The molecule has 1 aromatic carbocycles. The maximum atomic E-state index is 12.2. The number of thioether (sulfide) groups is 1. The number of nitrogens with one attached hydrogen (secondary N) is 1. The zero-order valence-corrected chi connectivity index (χ0v) is 12.0. The standard InChI is InChI=1S/C15H14N2O2S/c1-10(18)11-5-7-12(8-6-11)17-14(19)13-4-3-9-16-15(13)20-2/h3-9H,1-2H3,(H,17,19). The molecule has 0 aliphatic carbocycles. The Bertz CT molecular complexity index is 639. The zero-order valence-electron chi connectivity index (χ0n) is 11.2. The second-order valence-electron chi connectivity index (χ2n) is 4.15. The number of ketones is 1. The Balaban J connectivity index is 2.17. The Hall–Kier alpha value is -2.14. The van der Waals surface area contributed by atoms with Gasteiger partial charge in [0, 0.05) is 17.4 Å². The Morgan fingerprint density at radius 1 is 1.15 bits per heavy atom. The van der Waals surface area contributed by atoms with Crippen molar-refractivity contribution >= 4 is 29.1 Å². The number of hydrogen-bond donors (Lipinski definition) is 1. The van der Waals surface area contributed by atoms with E-state index in [-0.39, 0.29) is 11.7 Å². The highest BCUT2D eigenvalue weighted by Gasteiger charge is 2.11. The minimum Gasteiger partial charge on any atom is -0.322 e. The summed E-state index contributed by atoms with van der Waals surface area (Å²) < 4.78 is 0. The molecule has 0 spiro atoms. The summed E-state index contributed by atoms with van der Waals surface area (Å²) in [5, 5.41) is 3.48. The first kappa shape index (κ1) is 14.3. The number of anilines is 1. The molecule has 0 fully saturated rings. The van der Waals surface area contributed by atoms with Crippen molar-refractivity contribution in [2.45, 2.75) is 11.9 Å². The molecule has 5 heteroatoms. The molecule has 0 bridgehead atoms. The van der Waals surface area contributed by atoms with Gasteiger partial charge in [0.2, 0.25) is 0 Å². The van der Waals surface area contributed by atoms with Gasteiger partial charge in [0.25, 0.3) is 5.91 Å². The van der Waals surface area contributed by atoms with E-state index < -0.39 is 0 Å². The van der Waals surface area contributed by atoms with Crippen LogP contribution in [0, 0.1) is 0 Å². The van der Waals surface area contributed by atoms with Gasteiger partial charge in [0.15, 0.2) is 5.78 Å². The molecule has 2 aromatic rings. The topological polar surface area (TPSA) is 59.1 Å². The number of rotatable bonds is 4. The summed E-state index contributed by atoms with van der Waals surface area (Å²) in [5.74, 6) is -0.210. The maximum Gasteiger partial charge on any atom is 0.258 e. The van der Waals surface area contributed by atoms with E-state index in [9.17, 15) is 9.59 Å². The van der Waals surface area contributed by atoms with Gasteiger partial charge in [0.1, 0.15) is 5.03 Å². The van der Waals surface area contributed by atoms with Crippen LogP contribution in [-0.2, 0) is 0 Å². The van der Waals surface area contributed by atoms with Crippen molar-refractivity contribution < 1.29 is 9.59 Å². The zero-order chi connectivity index (χ0) is 14.5. The summed E-state index contributed by atoms with van der Waals surface area (Å²) in [6.45, 7) is 1.51. The van der Waals surface area contributed by atoms with Gasteiger partial charge in [-0.05, 0) is 49.6 Å². The number of aromatic nitrogens is 1. The molecular formula is C15H14N2O2S. The normalized spacial score (nSPS) is 10.1. The third-order valence-corrected chi connectivity index (χ3v) is 3.47. The lowest BCUT2D eigenvalue weighted by Gasteiger charge is -2.08. The molecular weight excluding hydrogens is 272 g/mol. The monoisotopic (exact) mass is 286 g/mol. The SMILES string of the molecule is CSc1ncccc1C(=O)Nc1ccc(C(C)=O)cc1. The lowest BCUT2D eigenvalue weighted by atomic mass is 10.1. The van der Waals surface area contributed by atoms with Gasteiger partial charge in [-0.3, -0.25) is 9.59 Å². The third-order valence-electron chi connectivity index (χ3n) is 2.76. The average Bonchev–Trinajstić information content (AvgIpc) is 2.47. The summed E-state index contributed by atoms with van der Waals surface area (Å²) >= 11 is 1.42. The van der Waals surface area contributed by atoms with Crippen LogP contribution in [0.5, 0.6) is 0 Å². The van der Waals surface area contributed by atoms with Crippen molar-refractivity contribution in [3.8, 4) is 0 Å². The number of nitrogens with zero attached hydrogens (tertiary/aromatic N) is 1. The molecule has 1 N–H and O–H groups in total. The smallest absolute Gasteiger partial charge is 0.258 e. The molecule has 0 aliphatic heterocycles. The summed E-state index contributed by atoms with van der Waals surface area (Å²) in [7, 11) is 0. The van der Waals surface area contributed by atoms with Crippen LogP contribution in [0.2, 0.25) is 0 Å². The lowest BCUT2D eigenvalue weighted by Crippen LogP contribution is -2.13. The van der Waals surface area contributed by atoms with Gasteiger partial charge < -0.3 is 5.32 Å². The van der Waals surface area contributed by atoms with Crippen molar-refractivity contribution in [2.24, 2.45) is 0 Å². The molecule has 0 unspecified atom stereocenters. The Morgan fingerprint density at radius 3 is 2.45 bits per heavy atom. The Morgan fingerprint density at radius 2 is 1.85 bits per heavy atom. The molecule has 0 aliphatic rings. The van der Waals surface area contributed by atoms with Gasteiger partial charge in [-0.1, -0.05) is 0 Å². The molecule has 0 saturated heterocycles. The van der Waals surface area contributed by atoms with Crippen LogP contribution in [0.4, 0.5) is 5.69 Å². The summed E-state index contributed by atoms with van der Waals surface area (Å²) in [4.78, 5) is 27.5. The van der Waals surface area contributed by atoms with Crippen LogP contribution in [0.1, 0.15) is 27.6 Å². The molecule has 1 aromatic heterocycles. The minimum absolute atomic E-state index is 0.000180. The van der Waals surface area contributed by atoms with E-state index in [2.05, 4.69) is 10.3 Å². The first-order valence-corrected chi connectivity index (χ1v) is 7.25. The van der Waals surface area contributed by atoms with Crippen molar-refractivity contribution in [1.82, 2.24) is 4.98 Å². The Labute approximate surface area is 121 Å². The van der Waals surface area contributed by atoms with Crippen LogP contribution in [0.15, 0.2) is 47.6 Å². The van der Waals surface area contributed by atoms with Crippen LogP contribution in [0.3, 0.4) is 0 Å². The van der Waals surface area contributed by atoms with Crippen LogP contribution < -0.4 is 5.32 Å². The molecule has 1 heterocycles. The number of carbonyl (C=O) groups excluding carboxylic acids is 2. The van der Waals surface area contributed by atoms with E-state index in [0.29, 0.717) is 21.8 Å². The third kappa shape index (κ3) is 3.24. The first-order valence-electron chi connectivity index (χ1n) is 6.03. The Kier molecular flexibility index (Phi) is 4.53. The first-order chi connectivity index (χ1) is 9.61. The molecule has 1 amide bonds. The van der Waals surface area contributed by atoms with Crippen LogP contribution in [0.25, 0.3) is 0 Å². The predicted molar refractivity (Wildman–Crippen MR) is 80.4 cm³/mol. The minimum atomic E-state index is -0.210. The summed E-state index contributed by atoms with van der Waals surface area (Å²) in [6.07, 6.45) is 3.53.